The number of hydrogen-bond acceptors (Lipinski definition) is 7. The lowest BCUT2D eigenvalue weighted by molar-refractivity contribution is -0.122. The van der Waals surface area contributed by atoms with Crippen molar-refractivity contribution in [3.8, 4) is 0 Å². The van der Waals surface area contributed by atoms with Crippen molar-refractivity contribution in [3.05, 3.63) is 30.1 Å². The number of nitrogens with zero attached hydrogens (tertiary/aromatic N) is 2. The molecule has 3 N–H and O–H groups in total. The Morgan fingerprint density at radius 2 is 1.92 bits per heavy atom. The van der Waals surface area contributed by atoms with Crippen molar-refractivity contribution in [2.75, 3.05) is 29.5 Å². The van der Waals surface area contributed by atoms with Gasteiger partial charge < -0.3 is 16.0 Å². The van der Waals surface area contributed by atoms with Crippen molar-refractivity contribution in [2.45, 2.75) is 18.2 Å². The van der Waals surface area contributed by atoms with Gasteiger partial charge in [-0.1, -0.05) is 36.9 Å². The number of nitrogens with one attached hydrogen (secondary N) is 3. The maximum atomic E-state index is 12.8. The highest BCUT2D eigenvalue weighted by molar-refractivity contribution is 8.01. The van der Waals surface area contributed by atoms with Crippen LogP contribution in [0.3, 0.4) is 0 Å². The van der Waals surface area contributed by atoms with E-state index in [1.54, 1.807) is 0 Å². The van der Waals surface area contributed by atoms with Crippen molar-refractivity contribution in [3.63, 3.8) is 0 Å². The predicted octanol–water partition coefficient (Wildman–Crippen LogP) is 2.59. The Kier molecular flexibility index (Phi) is 7.79. The monoisotopic (exact) mass is 397 g/mol. The van der Waals surface area contributed by atoms with Crippen LogP contribution < -0.4 is 16.0 Å². The second kappa shape index (κ2) is 10.1. The minimum Gasteiger partial charge on any atom is -0.360 e. The lowest BCUT2D eigenvalue weighted by atomic mass is 10.2. The van der Waals surface area contributed by atoms with E-state index in [2.05, 4.69) is 40.0 Å². The van der Waals surface area contributed by atoms with Gasteiger partial charge in [0.05, 0.1) is 12.3 Å². The molecule has 0 saturated heterocycles. The van der Waals surface area contributed by atoms with E-state index in [-0.39, 0.29) is 29.9 Å². The third-order valence-corrected chi connectivity index (χ3v) is 4.98. The van der Waals surface area contributed by atoms with E-state index in [1.165, 1.54) is 47.4 Å². The zero-order chi connectivity index (χ0) is 18.9. The van der Waals surface area contributed by atoms with Gasteiger partial charge in [-0.2, -0.15) is 0 Å². The molecule has 1 heterocycles. The summed E-state index contributed by atoms with van der Waals surface area (Å²) < 4.78 is 13.5. The van der Waals surface area contributed by atoms with Gasteiger partial charge in [0.1, 0.15) is 5.82 Å². The molecule has 0 unspecified atom stereocenters. The van der Waals surface area contributed by atoms with Crippen LogP contribution in [0.25, 0.3) is 0 Å². The molecule has 1 aromatic carbocycles. The third-order valence-electron chi connectivity index (χ3n) is 2.97. The number of carbonyl (C=O) groups is 2. The fourth-order valence-corrected chi connectivity index (χ4v) is 3.32. The average molecular weight is 398 g/mol. The second-order valence-corrected chi connectivity index (χ2v) is 7.97. The molecular formula is C16H20FN5O2S2. The summed E-state index contributed by atoms with van der Waals surface area (Å²) in [4.78, 5) is 23.6. The van der Waals surface area contributed by atoms with Crippen LogP contribution in [-0.2, 0) is 9.59 Å². The molecule has 0 atom stereocenters. The normalized spacial score (nSPS) is 10.6. The molecule has 0 aliphatic rings. The van der Waals surface area contributed by atoms with E-state index < -0.39 is 0 Å². The van der Waals surface area contributed by atoms with Crippen LogP contribution in [0.4, 0.5) is 15.2 Å². The molecule has 140 valence electrons. The van der Waals surface area contributed by atoms with Crippen LogP contribution in [0.1, 0.15) is 13.8 Å². The minimum absolute atomic E-state index is 0.142. The molecule has 0 radical (unpaired) electrons. The van der Waals surface area contributed by atoms with Gasteiger partial charge in [-0.05, 0) is 30.2 Å². The van der Waals surface area contributed by atoms with E-state index in [9.17, 15) is 14.0 Å². The molecule has 2 rings (SSSR count). The molecule has 0 fully saturated rings. The first-order chi connectivity index (χ1) is 12.4. The molecule has 0 bridgehead atoms. The maximum Gasteiger partial charge on any atom is 0.243 e. The SMILES string of the molecule is CC(C)CNc1nnc(SCC(=O)NCC(=O)Nc2ccc(F)cc2)s1. The highest BCUT2D eigenvalue weighted by Crippen LogP contribution is 2.25. The van der Waals surface area contributed by atoms with Gasteiger partial charge in [0.2, 0.25) is 16.9 Å². The van der Waals surface area contributed by atoms with Crippen LogP contribution in [-0.4, -0.2) is 40.9 Å². The first-order valence-corrected chi connectivity index (χ1v) is 9.75. The number of hydrogen-bond donors (Lipinski definition) is 3. The van der Waals surface area contributed by atoms with Gasteiger partial charge in [0.15, 0.2) is 4.34 Å². The molecule has 0 spiro atoms. The summed E-state index contributed by atoms with van der Waals surface area (Å²) in [7, 11) is 0. The Morgan fingerprint density at radius 3 is 2.62 bits per heavy atom. The molecule has 2 aromatic rings. The zero-order valence-electron chi connectivity index (χ0n) is 14.4. The Hall–Kier alpha value is -2.20. The Bertz CT molecular complexity index is 736. The molecule has 7 nitrogen and oxygen atoms in total. The van der Waals surface area contributed by atoms with Gasteiger partial charge in [0.25, 0.3) is 0 Å². The Labute approximate surface area is 159 Å². The summed E-state index contributed by atoms with van der Waals surface area (Å²) in [5.74, 6) is -0.403. The number of carbonyl (C=O) groups excluding carboxylic acids is 2. The second-order valence-electron chi connectivity index (χ2n) is 5.77. The lowest BCUT2D eigenvalue weighted by Gasteiger charge is -2.06. The van der Waals surface area contributed by atoms with Gasteiger partial charge >= 0.3 is 0 Å². The summed E-state index contributed by atoms with van der Waals surface area (Å²) in [6.45, 7) is 4.84. The van der Waals surface area contributed by atoms with Crippen LogP contribution in [0.15, 0.2) is 28.6 Å². The van der Waals surface area contributed by atoms with E-state index >= 15 is 0 Å². The number of thioether (sulfide) groups is 1. The standard InChI is InChI=1S/C16H20FN5O2S2/c1-10(2)7-19-15-21-22-16(26-15)25-9-14(24)18-8-13(23)20-12-5-3-11(17)4-6-12/h3-6,10H,7-9H2,1-2H3,(H,18,24)(H,19,21)(H,20,23). The van der Waals surface area contributed by atoms with Crippen molar-refractivity contribution >= 4 is 45.7 Å². The highest BCUT2D eigenvalue weighted by atomic mass is 32.2. The zero-order valence-corrected chi connectivity index (χ0v) is 16.0. The summed E-state index contributed by atoms with van der Waals surface area (Å²) in [6, 6.07) is 5.39. The smallest absolute Gasteiger partial charge is 0.243 e. The van der Waals surface area contributed by atoms with E-state index in [4.69, 9.17) is 0 Å². The number of rotatable bonds is 9. The Balaban J connectivity index is 1.67. The van der Waals surface area contributed by atoms with Gasteiger partial charge in [-0.15, -0.1) is 10.2 Å². The maximum absolute atomic E-state index is 12.8. The van der Waals surface area contributed by atoms with Crippen molar-refractivity contribution in [1.82, 2.24) is 15.5 Å². The minimum atomic E-state index is -0.383. The van der Waals surface area contributed by atoms with Crippen LogP contribution in [0.2, 0.25) is 0 Å². The summed E-state index contributed by atoms with van der Waals surface area (Å²) in [5, 5.41) is 17.0. The summed E-state index contributed by atoms with van der Waals surface area (Å²) >= 11 is 2.64. The van der Waals surface area contributed by atoms with Gasteiger partial charge in [-0.25, -0.2) is 4.39 Å². The average Bonchev–Trinajstić information content (AvgIpc) is 3.06. The van der Waals surface area contributed by atoms with E-state index in [0.717, 1.165) is 11.7 Å². The molecule has 0 aliphatic heterocycles. The largest absolute Gasteiger partial charge is 0.360 e. The quantitative estimate of drug-likeness (QED) is 0.563. The lowest BCUT2D eigenvalue weighted by Crippen LogP contribution is -2.33. The number of aromatic nitrogens is 2. The van der Waals surface area contributed by atoms with Crippen LogP contribution in [0, 0.1) is 11.7 Å². The first kappa shape index (κ1) is 20.1. The van der Waals surface area contributed by atoms with E-state index in [0.29, 0.717) is 15.9 Å². The highest BCUT2D eigenvalue weighted by Gasteiger charge is 2.10. The fraction of sp³-hybridized carbons (Fsp3) is 0.375. The molecule has 0 aliphatic carbocycles. The third kappa shape index (κ3) is 7.36. The van der Waals surface area contributed by atoms with Crippen LogP contribution >= 0.6 is 23.1 Å². The number of benzene rings is 1. The first-order valence-electron chi connectivity index (χ1n) is 7.94. The van der Waals surface area contributed by atoms with E-state index in [1.807, 2.05) is 0 Å². The Morgan fingerprint density at radius 1 is 1.19 bits per heavy atom. The molecule has 0 saturated carbocycles. The van der Waals surface area contributed by atoms with Crippen molar-refractivity contribution in [2.24, 2.45) is 5.92 Å². The number of halogens is 1. The number of amides is 2. The molecule has 26 heavy (non-hydrogen) atoms. The van der Waals surface area contributed by atoms with Crippen molar-refractivity contribution in [1.29, 1.82) is 0 Å². The fourth-order valence-electron chi connectivity index (χ4n) is 1.73. The topological polar surface area (TPSA) is 96.0 Å². The molecular weight excluding hydrogens is 377 g/mol. The molecule has 10 heteroatoms. The number of anilines is 2. The van der Waals surface area contributed by atoms with Crippen molar-refractivity contribution < 1.29 is 14.0 Å². The van der Waals surface area contributed by atoms with Crippen LogP contribution in [0.5, 0.6) is 0 Å². The van der Waals surface area contributed by atoms with Gasteiger partial charge in [-0.3, -0.25) is 9.59 Å². The summed E-state index contributed by atoms with van der Waals surface area (Å²) in [6.07, 6.45) is 0. The predicted molar refractivity (Wildman–Crippen MR) is 102 cm³/mol. The molecule has 2 amide bonds. The summed E-state index contributed by atoms with van der Waals surface area (Å²) in [5.41, 5.74) is 0.468. The van der Waals surface area contributed by atoms with Gasteiger partial charge in [0, 0.05) is 12.2 Å². The molecule has 1 aromatic heterocycles.